The molecule has 3 rings (SSSR count). The highest BCUT2D eigenvalue weighted by Gasteiger charge is 2.23. The minimum atomic E-state index is -0.369. The van der Waals surface area contributed by atoms with Crippen LogP contribution in [0.15, 0.2) is 42.7 Å². The fraction of sp³-hybridized carbons (Fsp3) is 0.250. The van der Waals surface area contributed by atoms with Gasteiger partial charge in [-0.3, -0.25) is 9.78 Å². The zero-order chi connectivity index (χ0) is 15.4. The molecule has 0 radical (unpaired) electrons. The number of nitrogens with zero attached hydrogens (tertiary/aromatic N) is 1. The maximum absolute atomic E-state index is 12.0. The summed E-state index contributed by atoms with van der Waals surface area (Å²) in [7, 11) is 0. The van der Waals surface area contributed by atoms with Crippen LogP contribution < -0.4 is 10.1 Å². The Hall–Kier alpha value is -2.11. The first-order chi connectivity index (χ1) is 10.7. The summed E-state index contributed by atoms with van der Waals surface area (Å²) >= 11 is 6.20. The van der Waals surface area contributed by atoms with Crippen molar-refractivity contribution in [3.63, 3.8) is 0 Å². The summed E-state index contributed by atoms with van der Waals surface area (Å²) in [5, 5.41) is 3.22. The maximum atomic E-state index is 12.0. The Kier molecular flexibility index (Phi) is 4.56. The standard InChI is InChI=1S/C16H15ClN2O3/c17-13-10-11(19-16(20)15-2-1-9-21-15)3-4-14(13)22-12-5-7-18-8-6-12/h3-8,10,15H,1-2,9H2,(H,19,20)/t15-/m0/s1. The van der Waals surface area contributed by atoms with Crippen molar-refractivity contribution >= 4 is 23.2 Å². The molecule has 6 heteroatoms. The van der Waals surface area contributed by atoms with Gasteiger partial charge in [-0.25, -0.2) is 0 Å². The molecule has 0 saturated carbocycles. The number of carbonyl (C=O) groups excluding carboxylic acids is 1. The number of amides is 1. The van der Waals surface area contributed by atoms with E-state index in [1.807, 2.05) is 0 Å². The van der Waals surface area contributed by atoms with Crippen LogP contribution in [0, 0.1) is 0 Å². The molecule has 1 aromatic carbocycles. The number of pyridine rings is 1. The second kappa shape index (κ2) is 6.77. The lowest BCUT2D eigenvalue weighted by Crippen LogP contribution is -2.26. The molecule has 0 spiro atoms. The van der Waals surface area contributed by atoms with Crippen molar-refractivity contribution in [2.24, 2.45) is 0 Å². The number of aromatic nitrogens is 1. The van der Waals surface area contributed by atoms with Crippen LogP contribution in [0.1, 0.15) is 12.8 Å². The Morgan fingerprint density at radius 2 is 2.14 bits per heavy atom. The van der Waals surface area contributed by atoms with Crippen LogP contribution in [0.2, 0.25) is 5.02 Å². The van der Waals surface area contributed by atoms with Crippen LogP contribution >= 0.6 is 11.6 Å². The molecule has 0 bridgehead atoms. The minimum absolute atomic E-state index is 0.142. The number of nitrogens with one attached hydrogen (secondary N) is 1. The fourth-order valence-electron chi connectivity index (χ4n) is 2.20. The molecule has 0 aliphatic carbocycles. The predicted octanol–water partition coefficient (Wildman–Crippen LogP) is 3.64. The summed E-state index contributed by atoms with van der Waals surface area (Å²) in [5.41, 5.74) is 0.618. The van der Waals surface area contributed by atoms with E-state index < -0.39 is 0 Å². The van der Waals surface area contributed by atoms with Crippen molar-refractivity contribution in [1.29, 1.82) is 0 Å². The fourth-order valence-corrected chi connectivity index (χ4v) is 2.42. The average Bonchev–Trinajstić information content (AvgIpc) is 3.05. The third-order valence-corrected chi connectivity index (χ3v) is 3.59. The van der Waals surface area contributed by atoms with Crippen LogP contribution in [0.3, 0.4) is 0 Å². The first-order valence-corrected chi connectivity index (χ1v) is 7.40. The summed E-state index contributed by atoms with van der Waals surface area (Å²) < 4.78 is 11.0. The monoisotopic (exact) mass is 318 g/mol. The van der Waals surface area contributed by atoms with Gasteiger partial charge in [0.15, 0.2) is 0 Å². The van der Waals surface area contributed by atoms with E-state index in [1.165, 1.54) is 0 Å². The van der Waals surface area contributed by atoms with E-state index in [1.54, 1.807) is 42.7 Å². The van der Waals surface area contributed by atoms with Gasteiger partial charge in [0.05, 0.1) is 5.02 Å². The molecule has 1 amide bonds. The highest BCUT2D eigenvalue weighted by Crippen LogP contribution is 2.31. The number of anilines is 1. The molecule has 1 saturated heterocycles. The Bertz CT molecular complexity index is 658. The number of benzene rings is 1. The van der Waals surface area contributed by atoms with Gasteiger partial charge in [-0.1, -0.05) is 11.6 Å². The van der Waals surface area contributed by atoms with Crippen LogP contribution in [-0.4, -0.2) is 23.6 Å². The lowest BCUT2D eigenvalue weighted by atomic mass is 10.2. The Balaban J connectivity index is 1.68. The molecule has 1 N–H and O–H groups in total. The largest absolute Gasteiger partial charge is 0.456 e. The average molecular weight is 319 g/mol. The van der Waals surface area contributed by atoms with Crippen LogP contribution in [0.4, 0.5) is 5.69 Å². The summed E-state index contributed by atoms with van der Waals surface area (Å²) in [4.78, 5) is 15.9. The van der Waals surface area contributed by atoms with E-state index in [9.17, 15) is 4.79 Å². The summed E-state index contributed by atoms with van der Waals surface area (Å²) in [6.07, 6.45) is 4.57. The first-order valence-electron chi connectivity index (χ1n) is 7.02. The highest BCUT2D eigenvalue weighted by atomic mass is 35.5. The van der Waals surface area contributed by atoms with E-state index in [2.05, 4.69) is 10.3 Å². The number of carbonyl (C=O) groups is 1. The van der Waals surface area contributed by atoms with Crippen molar-refractivity contribution in [2.45, 2.75) is 18.9 Å². The van der Waals surface area contributed by atoms with Gasteiger partial charge in [0.1, 0.15) is 17.6 Å². The number of hydrogen-bond donors (Lipinski definition) is 1. The second-order valence-corrected chi connectivity index (χ2v) is 5.33. The number of halogens is 1. The van der Waals surface area contributed by atoms with Crippen LogP contribution in [0.25, 0.3) is 0 Å². The van der Waals surface area contributed by atoms with Gasteiger partial charge < -0.3 is 14.8 Å². The summed E-state index contributed by atoms with van der Waals surface area (Å²) in [6, 6.07) is 8.60. The molecule has 0 unspecified atom stereocenters. The van der Waals surface area contributed by atoms with Gasteiger partial charge in [-0.15, -0.1) is 0 Å². The van der Waals surface area contributed by atoms with Gasteiger partial charge >= 0.3 is 0 Å². The third-order valence-electron chi connectivity index (χ3n) is 3.30. The minimum Gasteiger partial charge on any atom is -0.456 e. The summed E-state index contributed by atoms with van der Waals surface area (Å²) in [6.45, 7) is 0.636. The molecule has 1 atom stereocenters. The van der Waals surface area contributed by atoms with Crippen molar-refractivity contribution in [3.8, 4) is 11.5 Å². The van der Waals surface area contributed by atoms with E-state index >= 15 is 0 Å². The number of hydrogen-bond acceptors (Lipinski definition) is 4. The zero-order valence-electron chi connectivity index (χ0n) is 11.8. The molecule has 1 fully saturated rings. The summed E-state index contributed by atoms with van der Waals surface area (Å²) in [5.74, 6) is 1.02. The molecule has 2 heterocycles. The van der Waals surface area contributed by atoms with Gasteiger partial charge in [-0.05, 0) is 43.2 Å². The van der Waals surface area contributed by atoms with E-state index in [-0.39, 0.29) is 12.0 Å². The van der Waals surface area contributed by atoms with Crippen molar-refractivity contribution < 1.29 is 14.3 Å². The van der Waals surface area contributed by atoms with Crippen molar-refractivity contribution in [1.82, 2.24) is 4.98 Å². The Morgan fingerprint density at radius 1 is 1.32 bits per heavy atom. The molecule has 114 valence electrons. The molecule has 5 nitrogen and oxygen atoms in total. The normalized spacial score (nSPS) is 17.2. The molecule has 1 aliphatic rings. The topological polar surface area (TPSA) is 60.5 Å². The smallest absolute Gasteiger partial charge is 0.253 e. The van der Waals surface area contributed by atoms with Gasteiger partial charge in [-0.2, -0.15) is 0 Å². The molecular formula is C16H15ClN2O3. The van der Waals surface area contributed by atoms with Gasteiger partial charge in [0.2, 0.25) is 0 Å². The van der Waals surface area contributed by atoms with Crippen molar-refractivity contribution in [2.75, 3.05) is 11.9 Å². The van der Waals surface area contributed by atoms with E-state index in [0.29, 0.717) is 28.8 Å². The van der Waals surface area contributed by atoms with E-state index in [0.717, 1.165) is 12.8 Å². The second-order valence-electron chi connectivity index (χ2n) is 4.92. The first kappa shape index (κ1) is 14.8. The van der Waals surface area contributed by atoms with Crippen LogP contribution in [-0.2, 0) is 9.53 Å². The number of ether oxygens (including phenoxy) is 2. The quantitative estimate of drug-likeness (QED) is 0.935. The lowest BCUT2D eigenvalue weighted by Gasteiger charge is -2.12. The molecular weight excluding hydrogens is 304 g/mol. The Labute approximate surface area is 133 Å². The SMILES string of the molecule is O=C(Nc1ccc(Oc2ccncc2)c(Cl)c1)[C@@H]1CCCO1. The third kappa shape index (κ3) is 3.55. The predicted molar refractivity (Wildman–Crippen MR) is 83.4 cm³/mol. The van der Waals surface area contributed by atoms with Crippen LogP contribution in [0.5, 0.6) is 11.5 Å². The maximum Gasteiger partial charge on any atom is 0.253 e. The van der Waals surface area contributed by atoms with Gasteiger partial charge in [0.25, 0.3) is 5.91 Å². The number of rotatable bonds is 4. The molecule has 22 heavy (non-hydrogen) atoms. The Morgan fingerprint density at radius 3 is 2.82 bits per heavy atom. The van der Waals surface area contributed by atoms with E-state index in [4.69, 9.17) is 21.1 Å². The molecule has 2 aromatic rings. The zero-order valence-corrected chi connectivity index (χ0v) is 12.5. The lowest BCUT2D eigenvalue weighted by molar-refractivity contribution is -0.124. The van der Waals surface area contributed by atoms with Crippen molar-refractivity contribution in [3.05, 3.63) is 47.7 Å². The molecule has 1 aromatic heterocycles. The molecule has 1 aliphatic heterocycles. The highest BCUT2D eigenvalue weighted by molar-refractivity contribution is 6.32. The van der Waals surface area contributed by atoms with Gasteiger partial charge in [0, 0.05) is 24.7 Å².